The van der Waals surface area contributed by atoms with Crippen LogP contribution in [0.2, 0.25) is 0 Å². The number of imidazole rings is 1. The van der Waals surface area contributed by atoms with E-state index < -0.39 is 0 Å². The van der Waals surface area contributed by atoms with Gasteiger partial charge in [0.15, 0.2) is 0 Å². The van der Waals surface area contributed by atoms with E-state index in [1.165, 1.54) is 5.56 Å². The number of nitrogens with one attached hydrogen (secondary N) is 1. The molecule has 3 aromatic rings. The Balaban J connectivity index is 1.77. The normalized spacial score (nSPS) is 12.5. The molecule has 0 fully saturated rings. The Hall–Kier alpha value is -1.98. The molecule has 5 heteroatoms. The summed E-state index contributed by atoms with van der Waals surface area (Å²) in [6, 6.07) is 10.5. The third-order valence-electron chi connectivity index (χ3n) is 3.43. The first-order chi connectivity index (χ1) is 10.3. The van der Waals surface area contributed by atoms with Crippen molar-refractivity contribution in [3.05, 3.63) is 58.9 Å². The Kier molecular flexibility index (Phi) is 4.13. The van der Waals surface area contributed by atoms with Crippen molar-refractivity contribution in [3.8, 4) is 11.3 Å². The summed E-state index contributed by atoms with van der Waals surface area (Å²) in [6.45, 7) is 0. The van der Waals surface area contributed by atoms with Crippen LogP contribution in [0.3, 0.4) is 0 Å². The van der Waals surface area contributed by atoms with E-state index in [0.717, 1.165) is 22.8 Å². The topological polar surface area (TPSA) is 42.7 Å². The van der Waals surface area contributed by atoms with E-state index in [-0.39, 0.29) is 6.04 Å². The van der Waals surface area contributed by atoms with Gasteiger partial charge in [-0.3, -0.25) is 0 Å². The van der Waals surface area contributed by atoms with Gasteiger partial charge in [-0.1, -0.05) is 30.3 Å². The minimum Gasteiger partial charge on any atom is -0.340 e. The molecule has 108 valence electrons. The summed E-state index contributed by atoms with van der Waals surface area (Å²) in [7, 11) is 3.95. The number of aromatic nitrogens is 3. The standard InChI is InChI=1S/C16H18N4S/c1-17-13(14-9-20(2)11-18-14)8-16-19-15(10-21-16)12-6-4-3-5-7-12/h3-7,9-11,13,17H,8H2,1-2H3. The average molecular weight is 298 g/mol. The lowest BCUT2D eigenvalue weighted by Gasteiger charge is -2.11. The van der Waals surface area contributed by atoms with Gasteiger partial charge < -0.3 is 9.88 Å². The van der Waals surface area contributed by atoms with Crippen molar-refractivity contribution >= 4 is 11.3 Å². The van der Waals surface area contributed by atoms with Crippen molar-refractivity contribution < 1.29 is 0 Å². The Morgan fingerprint density at radius 2 is 2.10 bits per heavy atom. The molecular weight excluding hydrogens is 280 g/mol. The summed E-state index contributed by atoms with van der Waals surface area (Å²) in [5.41, 5.74) is 3.27. The molecule has 0 radical (unpaired) electrons. The number of hydrogen-bond acceptors (Lipinski definition) is 4. The van der Waals surface area contributed by atoms with E-state index in [0.29, 0.717) is 0 Å². The molecule has 1 atom stereocenters. The number of nitrogens with zero attached hydrogens (tertiary/aromatic N) is 3. The fraction of sp³-hybridized carbons (Fsp3) is 0.250. The lowest BCUT2D eigenvalue weighted by atomic mass is 10.1. The summed E-state index contributed by atoms with van der Waals surface area (Å²) < 4.78 is 1.97. The van der Waals surface area contributed by atoms with E-state index in [4.69, 9.17) is 4.98 Å². The zero-order chi connectivity index (χ0) is 14.7. The van der Waals surface area contributed by atoms with Gasteiger partial charge in [-0.2, -0.15) is 0 Å². The summed E-state index contributed by atoms with van der Waals surface area (Å²) in [4.78, 5) is 9.17. The highest BCUT2D eigenvalue weighted by Crippen LogP contribution is 2.24. The molecule has 1 unspecified atom stereocenters. The van der Waals surface area contributed by atoms with Crippen molar-refractivity contribution in [3.63, 3.8) is 0 Å². The van der Waals surface area contributed by atoms with Crippen LogP contribution in [0.15, 0.2) is 48.2 Å². The van der Waals surface area contributed by atoms with Crippen LogP contribution >= 0.6 is 11.3 Å². The molecule has 0 saturated carbocycles. The maximum atomic E-state index is 4.74. The Bertz CT molecular complexity index is 702. The molecule has 0 saturated heterocycles. The van der Waals surface area contributed by atoms with Gasteiger partial charge in [-0.25, -0.2) is 9.97 Å². The fourth-order valence-electron chi connectivity index (χ4n) is 2.29. The number of rotatable bonds is 5. The van der Waals surface area contributed by atoms with E-state index in [1.807, 2.05) is 49.4 Å². The molecule has 0 aliphatic carbocycles. The molecule has 2 aromatic heterocycles. The molecule has 1 N–H and O–H groups in total. The predicted octanol–water partition coefficient (Wildman–Crippen LogP) is 3.05. The van der Waals surface area contributed by atoms with Crippen LogP contribution < -0.4 is 5.32 Å². The van der Waals surface area contributed by atoms with Gasteiger partial charge in [-0.15, -0.1) is 11.3 Å². The number of aryl methyl sites for hydroxylation is 1. The molecule has 0 aliphatic rings. The number of thiazole rings is 1. The molecular formula is C16H18N4S. The molecule has 21 heavy (non-hydrogen) atoms. The highest BCUT2D eigenvalue weighted by Gasteiger charge is 2.15. The lowest BCUT2D eigenvalue weighted by Crippen LogP contribution is -2.19. The average Bonchev–Trinajstić information content (AvgIpc) is 3.15. The van der Waals surface area contributed by atoms with Gasteiger partial charge in [0.25, 0.3) is 0 Å². The number of hydrogen-bond donors (Lipinski definition) is 1. The van der Waals surface area contributed by atoms with Crippen molar-refractivity contribution in [2.75, 3.05) is 7.05 Å². The SMILES string of the molecule is CNC(Cc1nc(-c2ccccc2)cs1)c1cn(C)cn1. The first kappa shape index (κ1) is 14.0. The van der Waals surface area contributed by atoms with Crippen molar-refractivity contribution in [2.45, 2.75) is 12.5 Å². The lowest BCUT2D eigenvalue weighted by molar-refractivity contribution is 0.576. The summed E-state index contributed by atoms with van der Waals surface area (Å²) >= 11 is 1.70. The molecule has 3 rings (SSSR count). The van der Waals surface area contributed by atoms with Gasteiger partial charge >= 0.3 is 0 Å². The molecule has 0 bridgehead atoms. The third kappa shape index (κ3) is 3.20. The summed E-state index contributed by atoms with van der Waals surface area (Å²) in [5, 5.41) is 6.56. The number of benzene rings is 1. The maximum absolute atomic E-state index is 4.74. The van der Waals surface area contributed by atoms with Crippen LogP contribution in [0.4, 0.5) is 0 Å². The van der Waals surface area contributed by atoms with Gasteiger partial charge in [0.05, 0.1) is 28.8 Å². The highest BCUT2D eigenvalue weighted by atomic mass is 32.1. The second kappa shape index (κ2) is 6.20. The summed E-state index contributed by atoms with van der Waals surface area (Å²) in [6.07, 6.45) is 4.73. The molecule has 0 amide bonds. The van der Waals surface area contributed by atoms with E-state index >= 15 is 0 Å². The Morgan fingerprint density at radius 3 is 2.76 bits per heavy atom. The van der Waals surface area contributed by atoms with Crippen LogP contribution in [0, 0.1) is 0 Å². The maximum Gasteiger partial charge on any atom is 0.0952 e. The van der Waals surface area contributed by atoms with E-state index in [1.54, 1.807) is 11.3 Å². The third-order valence-corrected chi connectivity index (χ3v) is 4.30. The largest absolute Gasteiger partial charge is 0.340 e. The summed E-state index contributed by atoms with van der Waals surface area (Å²) in [5.74, 6) is 0. The Morgan fingerprint density at radius 1 is 1.29 bits per heavy atom. The van der Waals surface area contributed by atoms with Gasteiger partial charge in [0.2, 0.25) is 0 Å². The van der Waals surface area contributed by atoms with Crippen LogP contribution in [0.5, 0.6) is 0 Å². The molecule has 4 nitrogen and oxygen atoms in total. The highest BCUT2D eigenvalue weighted by molar-refractivity contribution is 7.09. The first-order valence-corrected chi connectivity index (χ1v) is 7.79. The van der Waals surface area contributed by atoms with Crippen LogP contribution in [-0.2, 0) is 13.5 Å². The quantitative estimate of drug-likeness (QED) is 0.787. The second-order valence-electron chi connectivity index (χ2n) is 5.00. The minimum absolute atomic E-state index is 0.195. The van der Waals surface area contributed by atoms with E-state index in [2.05, 4.69) is 27.8 Å². The van der Waals surface area contributed by atoms with Crippen molar-refractivity contribution in [1.82, 2.24) is 19.9 Å². The van der Waals surface area contributed by atoms with Gasteiger partial charge in [0.1, 0.15) is 0 Å². The van der Waals surface area contributed by atoms with Crippen LogP contribution in [-0.4, -0.2) is 21.6 Å². The predicted molar refractivity (Wildman–Crippen MR) is 86.3 cm³/mol. The zero-order valence-corrected chi connectivity index (χ0v) is 13.0. The molecule has 0 spiro atoms. The second-order valence-corrected chi connectivity index (χ2v) is 5.94. The van der Waals surface area contributed by atoms with Crippen LogP contribution in [0.1, 0.15) is 16.7 Å². The first-order valence-electron chi connectivity index (χ1n) is 6.91. The van der Waals surface area contributed by atoms with Gasteiger partial charge in [0, 0.05) is 30.6 Å². The van der Waals surface area contributed by atoms with Gasteiger partial charge in [-0.05, 0) is 7.05 Å². The van der Waals surface area contributed by atoms with Crippen molar-refractivity contribution in [2.24, 2.45) is 7.05 Å². The molecule has 2 heterocycles. The molecule has 0 aliphatic heterocycles. The number of likely N-dealkylation sites (N-methyl/N-ethyl adjacent to an activating group) is 1. The van der Waals surface area contributed by atoms with Crippen LogP contribution in [0.25, 0.3) is 11.3 Å². The fourth-order valence-corrected chi connectivity index (χ4v) is 3.14. The van der Waals surface area contributed by atoms with Crippen molar-refractivity contribution in [1.29, 1.82) is 0 Å². The monoisotopic (exact) mass is 298 g/mol. The zero-order valence-electron chi connectivity index (χ0n) is 12.2. The minimum atomic E-state index is 0.195. The molecule has 1 aromatic carbocycles. The van der Waals surface area contributed by atoms with E-state index in [9.17, 15) is 0 Å². The smallest absolute Gasteiger partial charge is 0.0952 e. The Labute approximate surface area is 128 Å².